The molecule has 0 spiro atoms. The quantitative estimate of drug-likeness (QED) is 0.748. The van der Waals surface area contributed by atoms with Gasteiger partial charge in [-0.1, -0.05) is 30.4 Å². The number of rotatable bonds is 3. The van der Waals surface area contributed by atoms with Gasteiger partial charge in [-0.2, -0.15) is 0 Å². The molecule has 0 aromatic heterocycles. The smallest absolute Gasteiger partial charge is 0.255 e. The van der Waals surface area contributed by atoms with Crippen molar-refractivity contribution in [3.63, 3.8) is 0 Å². The Morgan fingerprint density at radius 3 is 2.27 bits per heavy atom. The zero-order valence-electron chi connectivity index (χ0n) is 9.13. The molecular weight excluding hydrogens is 186 g/mol. The summed E-state index contributed by atoms with van der Waals surface area (Å²) >= 11 is 0. The monoisotopic (exact) mass is 201 g/mol. The van der Waals surface area contributed by atoms with Crippen LogP contribution in [0.1, 0.15) is 21.5 Å². The molecule has 0 fully saturated rings. The Labute approximate surface area is 90.3 Å². The van der Waals surface area contributed by atoms with Crippen LogP contribution in [0.25, 0.3) is 0 Å². The predicted molar refractivity (Wildman–Crippen MR) is 62.7 cm³/mol. The molecule has 1 aromatic carbocycles. The van der Waals surface area contributed by atoms with E-state index in [1.807, 2.05) is 32.0 Å². The summed E-state index contributed by atoms with van der Waals surface area (Å²) in [7, 11) is 0. The Hall–Kier alpha value is -1.83. The van der Waals surface area contributed by atoms with Crippen molar-refractivity contribution in [2.24, 2.45) is 0 Å². The topological polar surface area (TPSA) is 29.1 Å². The molecule has 15 heavy (non-hydrogen) atoms. The van der Waals surface area contributed by atoms with Gasteiger partial charge in [0.25, 0.3) is 5.91 Å². The highest BCUT2D eigenvalue weighted by atomic mass is 16.1. The maximum absolute atomic E-state index is 11.7. The first-order valence-electron chi connectivity index (χ1n) is 4.74. The van der Waals surface area contributed by atoms with E-state index in [2.05, 4.69) is 18.5 Å². The molecule has 0 saturated carbocycles. The van der Waals surface area contributed by atoms with Gasteiger partial charge in [0.1, 0.15) is 0 Å². The number of amides is 1. The van der Waals surface area contributed by atoms with E-state index in [0.29, 0.717) is 11.3 Å². The van der Waals surface area contributed by atoms with Gasteiger partial charge in [-0.05, 0) is 32.1 Å². The normalized spacial score (nSPS) is 9.47. The molecule has 0 unspecified atom stereocenters. The molecule has 1 aromatic rings. The molecular formula is C13H15NO. The van der Waals surface area contributed by atoms with E-state index in [4.69, 9.17) is 0 Å². The molecule has 0 saturated heterocycles. The Morgan fingerprint density at radius 1 is 1.27 bits per heavy atom. The number of carbonyl (C=O) groups is 1. The highest BCUT2D eigenvalue weighted by molar-refractivity contribution is 5.95. The molecule has 0 bridgehead atoms. The fourth-order valence-corrected chi connectivity index (χ4v) is 1.37. The lowest BCUT2D eigenvalue weighted by atomic mass is 10.1. The van der Waals surface area contributed by atoms with Crippen molar-refractivity contribution in [2.75, 3.05) is 0 Å². The lowest BCUT2D eigenvalue weighted by Crippen LogP contribution is -2.21. The minimum Gasteiger partial charge on any atom is -0.323 e. The minimum atomic E-state index is -0.147. The van der Waals surface area contributed by atoms with Crippen molar-refractivity contribution in [1.82, 2.24) is 5.32 Å². The van der Waals surface area contributed by atoms with Crippen LogP contribution in [0.3, 0.4) is 0 Å². The SMILES string of the molecule is C=CC(=C)NC(=O)c1cc(C)cc(C)c1. The molecule has 2 nitrogen and oxygen atoms in total. The van der Waals surface area contributed by atoms with Crippen molar-refractivity contribution < 1.29 is 4.79 Å². The average molecular weight is 201 g/mol. The van der Waals surface area contributed by atoms with Crippen molar-refractivity contribution in [3.8, 4) is 0 Å². The summed E-state index contributed by atoms with van der Waals surface area (Å²) in [6.45, 7) is 11.1. The number of carbonyl (C=O) groups excluding carboxylic acids is 1. The molecule has 1 N–H and O–H groups in total. The van der Waals surface area contributed by atoms with Gasteiger partial charge in [-0.25, -0.2) is 0 Å². The average Bonchev–Trinajstić information content (AvgIpc) is 2.16. The standard InChI is InChI=1S/C13H15NO/c1-5-11(4)14-13(15)12-7-9(2)6-10(3)8-12/h5-8H,1,4H2,2-3H3,(H,14,15). The van der Waals surface area contributed by atoms with E-state index in [1.54, 1.807) is 0 Å². The summed E-state index contributed by atoms with van der Waals surface area (Å²) in [5.41, 5.74) is 3.31. The molecule has 0 radical (unpaired) electrons. The summed E-state index contributed by atoms with van der Waals surface area (Å²) in [5.74, 6) is -0.147. The van der Waals surface area contributed by atoms with Crippen molar-refractivity contribution >= 4 is 5.91 Å². The maximum Gasteiger partial charge on any atom is 0.255 e. The number of aryl methyl sites for hydroxylation is 2. The Balaban J connectivity index is 2.91. The number of allylic oxidation sites excluding steroid dienone is 1. The van der Waals surface area contributed by atoms with Crippen LogP contribution >= 0.6 is 0 Å². The van der Waals surface area contributed by atoms with Crippen LogP contribution in [-0.4, -0.2) is 5.91 Å². The van der Waals surface area contributed by atoms with Gasteiger partial charge in [0.15, 0.2) is 0 Å². The number of nitrogens with one attached hydrogen (secondary N) is 1. The summed E-state index contributed by atoms with van der Waals surface area (Å²) < 4.78 is 0. The third-order valence-electron chi connectivity index (χ3n) is 2.00. The molecule has 1 amide bonds. The molecule has 0 aliphatic rings. The van der Waals surface area contributed by atoms with Gasteiger partial charge in [-0.3, -0.25) is 4.79 Å². The van der Waals surface area contributed by atoms with E-state index >= 15 is 0 Å². The van der Waals surface area contributed by atoms with Crippen molar-refractivity contribution in [2.45, 2.75) is 13.8 Å². The molecule has 0 aliphatic carbocycles. The van der Waals surface area contributed by atoms with E-state index in [-0.39, 0.29) is 5.91 Å². The Bertz CT molecular complexity index is 398. The third kappa shape index (κ3) is 3.09. The summed E-state index contributed by atoms with van der Waals surface area (Å²) in [4.78, 5) is 11.7. The first-order chi connectivity index (χ1) is 7.02. The maximum atomic E-state index is 11.7. The predicted octanol–water partition coefficient (Wildman–Crippen LogP) is 2.73. The van der Waals surface area contributed by atoms with Crippen molar-refractivity contribution in [1.29, 1.82) is 0 Å². The van der Waals surface area contributed by atoms with Crippen LogP contribution in [-0.2, 0) is 0 Å². The summed E-state index contributed by atoms with van der Waals surface area (Å²) in [6, 6.07) is 5.72. The van der Waals surface area contributed by atoms with Crippen LogP contribution in [0.15, 0.2) is 43.1 Å². The van der Waals surface area contributed by atoms with Gasteiger partial charge >= 0.3 is 0 Å². The van der Waals surface area contributed by atoms with Crippen LogP contribution < -0.4 is 5.32 Å². The van der Waals surface area contributed by atoms with Crippen LogP contribution in [0.2, 0.25) is 0 Å². The van der Waals surface area contributed by atoms with Gasteiger partial charge in [-0.15, -0.1) is 0 Å². The second-order valence-electron chi connectivity index (χ2n) is 3.56. The van der Waals surface area contributed by atoms with Gasteiger partial charge in [0.05, 0.1) is 0 Å². The van der Waals surface area contributed by atoms with Crippen molar-refractivity contribution in [3.05, 3.63) is 59.8 Å². The second kappa shape index (κ2) is 4.60. The zero-order chi connectivity index (χ0) is 11.4. The van der Waals surface area contributed by atoms with Gasteiger partial charge in [0, 0.05) is 11.3 Å². The summed E-state index contributed by atoms with van der Waals surface area (Å²) in [6.07, 6.45) is 1.51. The van der Waals surface area contributed by atoms with Crippen LogP contribution in [0, 0.1) is 13.8 Å². The Kier molecular flexibility index (Phi) is 3.45. The molecule has 0 aliphatic heterocycles. The second-order valence-corrected chi connectivity index (χ2v) is 3.56. The molecule has 0 atom stereocenters. The zero-order valence-corrected chi connectivity index (χ0v) is 9.13. The largest absolute Gasteiger partial charge is 0.323 e. The lowest BCUT2D eigenvalue weighted by molar-refractivity contribution is 0.0967. The summed E-state index contributed by atoms with van der Waals surface area (Å²) in [5, 5.41) is 2.65. The number of hydrogen-bond donors (Lipinski definition) is 1. The third-order valence-corrected chi connectivity index (χ3v) is 2.00. The molecule has 0 heterocycles. The minimum absolute atomic E-state index is 0.147. The molecule has 2 heteroatoms. The van der Waals surface area contributed by atoms with E-state index in [9.17, 15) is 4.79 Å². The lowest BCUT2D eigenvalue weighted by Gasteiger charge is -2.06. The van der Waals surface area contributed by atoms with Crippen LogP contribution in [0.4, 0.5) is 0 Å². The fourth-order valence-electron chi connectivity index (χ4n) is 1.37. The number of benzene rings is 1. The Morgan fingerprint density at radius 2 is 1.80 bits per heavy atom. The first kappa shape index (κ1) is 11.2. The van der Waals surface area contributed by atoms with E-state index in [0.717, 1.165) is 11.1 Å². The molecule has 1 rings (SSSR count). The number of hydrogen-bond acceptors (Lipinski definition) is 1. The van der Waals surface area contributed by atoms with E-state index in [1.165, 1.54) is 6.08 Å². The highest BCUT2D eigenvalue weighted by Crippen LogP contribution is 2.09. The fraction of sp³-hybridized carbons (Fsp3) is 0.154. The molecule has 78 valence electrons. The van der Waals surface area contributed by atoms with Gasteiger partial charge < -0.3 is 5.32 Å². The highest BCUT2D eigenvalue weighted by Gasteiger charge is 2.06. The van der Waals surface area contributed by atoms with E-state index < -0.39 is 0 Å². The first-order valence-corrected chi connectivity index (χ1v) is 4.74. The van der Waals surface area contributed by atoms with Crippen LogP contribution in [0.5, 0.6) is 0 Å². The van der Waals surface area contributed by atoms with Gasteiger partial charge in [0.2, 0.25) is 0 Å².